The first-order chi connectivity index (χ1) is 10.8. The number of nitrogens with zero attached hydrogens (tertiary/aromatic N) is 3. The van der Waals surface area contributed by atoms with Crippen LogP contribution < -0.4 is 5.56 Å². The van der Waals surface area contributed by atoms with Crippen molar-refractivity contribution >= 4 is 11.6 Å². The van der Waals surface area contributed by atoms with Gasteiger partial charge in [-0.3, -0.25) is 4.79 Å². The fourth-order valence-electron chi connectivity index (χ4n) is 1.37. The maximum atomic E-state index is 12.0. The van der Waals surface area contributed by atoms with Crippen LogP contribution in [0.3, 0.4) is 0 Å². The number of halogens is 7. The zero-order chi connectivity index (χ0) is 18.7. The predicted octanol–water partition coefficient (Wildman–Crippen LogP) is 3.55. The van der Waals surface area contributed by atoms with Gasteiger partial charge in [0.05, 0.1) is 0 Å². The topological polar surface area (TPSA) is 71.5 Å². The van der Waals surface area contributed by atoms with Gasteiger partial charge in [-0.2, -0.15) is 26.3 Å². The van der Waals surface area contributed by atoms with Crippen LogP contribution >= 0.6 is 11.6 Å². The first-order valence-electron chi connectivity index (χ1n) is 6.02. The number of aromatic nitrogens is 4. The van der Waals surface area contributed by atoms with Crippen LogP contribution in [0.4, 0.5) is 26.3 Å². The summed E-state index contributed by atoms with van der Waals surface area (Å²) in [5, 5.41) is -0.199. The molecule has 0 saturated heterocycles. The Kier molecular flexibility index (Phi) is 5.93. The molecule has 0 aliphatic heterocycles. The van der Waals surface area contributed by atoms with Crippen molar-refractivity contribution in [2.45, 2.75) is 26.2 Å². The molecule has 5 nitrogen and oxygen atoms in total. The minimum atomic E-state index is -4.59. The number of alkyl halides is 6. The third kappa shape index (κ3) is 6.14. The summed E-state index contributed by atoms with van der Waals surface area (Å²) >= 11 is 5.31. The van der Waals surface area contributed by atoms with Gasteiger partial charge in [-0.15, -0.1) is 0 Å². The first-order valence-corrected chi connectivity index (χ1v) is 6.40. The van der Waals surface area contributed by atoms with Crippen LogP contribution in [-0.2, 0) is 12.4 Å². The van der Waals surface area contributed by atoms with E-state index in [0.717, 1.165) is 6.07 Å². The van der Waals surface area contributed by atoms with E-state index in [1.54, 1.807) is 4.98 Å². The minimum Gasteiger partial charge on any atom is -0.303 e. The predicted molar refractivity (Wildman–Crippen MR) is 71.4 cm³/mol. The molecule has 2 aromatic heterocycles. The first kappa shape index (κ1) is 19.9. The van der Waals surface area contributed by atoms with Gasteiger partial charge >= 0.3 is 12.4 Å². The summed E-state index contributed by atoms with van der Waals surface area (Å²) in [5.41, 5.74) is -0.553. The second-order valence-electron chi connectivity index (χ2n) is 4.39. The molecule has 0 aliphatic rings. The Labute approximate surface area is 135 Å². The van der Waals surface area contributed by atoms with Gasteiger partial charge in [0.25, 0.3) is 5.56 Å². The van der Waals surface area contributed by atoms with Crippen molar-refractivity contribution < 1.29 is 26.3 Å². The smallest absolute Gasteiger partial charge is 0.303 e. The summed E-state index contributed by atoms with van der Waals surface area (Å²) < 4.78 is 71.6. The number of aryl methyl sites for hydroxylation is 2. The summed E-state index contributed by atoms with van der Waals surface area (Å²) in [6.45, 7) is 2.74. The Morgan fingerprint density at radius 1 is 0.917 bits per heavy atom. The number of hydrogen-bond donors (Lipinski definition) is 1. The standard InChI is InChI=1S/C6H4ClF3N2.C6H5F3N2O/c1-3-2-4(7)12-5(11-3)6(8,9)10;1-3-2-4(12)11-5(10-3)6(7,8)9/h2H,1H3;2H,1H3,(H,10,11,12). The van der Waals surface area contributed by atoms with Crippen LogP contribution in [0.2, 0.25) is 5.15 Å². The summed E-state index contributed by atoms with van der Waals surface area (Å²) in [6, 6.07) is 2.26. The zero-order valence-electron chi connectivity index (χ0n) is 12.1. The van der Waals surface area contributed by atoms with E-state index in [9.17, 15) is 31.1 Å². The van der Waals surface area contributed by atoms with Crippen molar-refractivity contribution in [2.24, 2.45) is 0 Å². The Bertz CT molecular complexity index is 751. The van der Waals surface area contributed by atoms with Crippen LogP contribution in [-0.4, -0.2) is 19.9 Å². The number of H-pyrrole nitrogens is 1. The van der Waals surface area contributed by atoms with Crippen LogP contribution in [0.25, 0.3) is 0 Å². The molecule has 12 heteroatoms. The molecule has 0 aromatic carbocycles. The molecule has 0 spiro atoms. The molecular formula is C12H9ClF6N4O. The average molecular weight is 375 g/mol. The second kappa shape index (κ2) is 7.16. The quantitative estimate of drug-likeness (QED) is 0.565. The molecule has 0 aliphatic carbocycles. The molecule has 0 bridgehead atoms. The van der Waals surface area contributed by atoms with Gasteiger partial charge in [-0.05, 0) is 19.9 Å². The summed E-state index contributed by atoms with van der Waals surface area (Å²) in [5.74, 6) is -2.46. The maximum absolute atomic E-state index is 12.0. The highest BCUT2D eigenvalue weighted by atomic mass is 35.5. The van der Waals surface area contributed by atoms with E-state index in [1.165, 1.54) is 19.9 Å². The third-order valence-electron chi connectivity index (χ3n) is 2.21. The number of hydrogen-bond acceptors (Lipinski definition) is 4. The Hall–Kier alpha value is -2.17. The summed E-state index contributed by atoms with van der Waals surface area (Å²) in [6.07, 6.45) is -9.12. The van der Waals surface area contributed by atoms with Gasteiger partial charge in [0, 0.05) is 17.5 Å². The molecular weight excluding hydrogens is 366 g/mol. The molecule has 132 valence electrons. The van der Waals surface area contributed by atoms with E-state index in [1.807, 2.05) is 0 Å². The van der Waals surface area contributed by atoms with Crippen molar-refractivity contribution in [1.29, 1.82) is 0 Å². The van der Waals surface area contributed by atoms with E-state index in [2.05, 4.69) is 15.0 Å². The van der Waals surface area contributed by atoms with Crippen molar-refractivity contribution in [3.05, 3.63) is 50.7 Å². The van der Waals surface area contributed by atoms with Crippen molar-refractivity contribution in [2.75, 3.05) is 0 Å². The fraction of sp³-hybridized carbons (Fsp3) is 0.333. The van der Waals surface area contributed by atoms with Crippen LogP contribution in [0, 0.1) is 13.8 Å². The molecule has 24 heavy (non-hydrogen) atoms. The maximum Gasteiger partial charge on any atom is 0.451 e. The van der Waals surface area contributed by atoms with Crippen molar-refractivity contribution in [1.82, 2.24) is 19.9 Å². The molecule has 0 fully saturated rings. The Morgan fingerprint density at radius 2 is 1.46 bits per heavy atom. The lowest BCUT2D eigenvalue weighted by molar-refractivity contribution is -0.145. The molecule has 1 N–H and O–H groups in total. The van der Waals surface area contributed by atoms with Crippen LogP contribution in [0.5, 0.6) is 0 Å². The minimum absolute atomic E-state index is 0.0473. The third-order valence-corrected chi connectivity index (χ3v) is 2.41. The second-order valence-corrected chi connectivity index (χ2v) is 4.77. The lowest BCUT2D eigenvalue weighted by atomic mass is 10.4. The van der Waals surface area contributed by atoms with Crippen molar-refractivity contribution in [3.63, 3.8) is 0 Å². The number of aromatic amines is 1. The van der Waals surface area contributed by atoms with Gasteiger partial charge in [-0.1, -0.05) is 11.6 Å². The summed E-state index contributed by atoms with van der Waals surface area (Å²) in [7, 11) is 0. The molecule has 0 saturated carbocycles. The Morgan fingerprint density at radius 3 is 1.88 bits per heavy atom. The zero-order valence-corrected chi connectivity index (χ0v) is 12.8. The van der Waals surface area contributed by atoms with Gasteiger partial charge in [0.15, 0.2) is 0 Å². The van der Waals surface area contributed by atoms with Gasteiger partial charge < -0.3 is 4.98 Å². The number of nitrogens with one attached hydrogen (secondary N) is 1. The highest BCUT2D eigenvalue weighted by molar-refractivity contribution is 6.29. The largest absolute Gasteiger partial charge is 0.451 e. The summed E-state index contributed by atoms with van der Waals surface area (Å²) in [4.78, 5) is 21.5. The van der Waals surface area contributed by atoms with E-state index >= 15 is 0 Å². The van der Waals surface area contributed by atoms with Crippen LogP contribution in [0.1, 0.15) is 23.0 Å². The normalized spacial score (nSPS) is 11.7. The van der Waals surface area contributed by atoms with Gasteiger partial charge in [-0.25, -0.2) is 15.0 Å². The SMILES string of the molecule is Cc1cc(=O)[nH]c(C(F)(F)F)n1.Cc1cc(Cl)nc(C(F)(F)F)n1. The van der Waals surface area contributed by atoms with E-state index in [-0.39, 0.29) is 16.5 Å². The van der Waals surface area contributed by atoms with Gasteiger partial charge in [0.2, 0.25) is 11.6 Å². The van der Waals surface area contributed by atoms with Crippen molar-refractivity contribution in [3.8, 4) is 0 Å². The highest BCUT2D eigenvalue weighted by Gasteiger charge is 2.35. The van der Waals surface area contributed by atoms with E-state index < -0.39 is 29.6 Å². The lowest BCUT2D eigenvalue weighted by Gasteiger charge is -2.04. The lowest BCUT2D eigenvalue weighted by Crippen LogP contribution is -2.18. The number of rotatable bonds is 0. The fourth-order valence-corrected chi connectivity index (χ4v) is 1.61. The van der Waals surface area contributed by atoms with Crippen LogP contribution in [0.15, 0.2) is 16.9 Å². The van der Waals surface area contributed by atoms with E-state index in [4.69, 9.17) is 11.6 Å². The average Bonchev–Trinajstić information content (AvgIpc) is 2.35. The molecule has 2 aromatic rings. The molecule has 2 rings (SSSR count). The van der Waals surface area contributed by atoms with Gasteiger partial charge in [0.1, 0.15) is 5.15 Å². The molecule has 0 atom stereocenters. The molecule has 0 radical (unpaired) electrons. The molecule has 2 heterocycles. The highest BCUT2D eigenvalue weighted by Crippen LogP contribution is 2.27. The molecule has 0 amide bonds. The Balaban J connectivity index is 0.000000240. The monoisotopic (exact) mass is 374 g/mol. The van der Waals surface area contributed by atoms with E-state index in [0.29, 0.717) is 0 Å². The molecule has 0 unspecified atom stereocenters.